The molecule has 5 nitrogen and oxygen atoms in total. The van der Waals surface area contributed by atoms with Crippen LogP contribution in [0.2, 0.25) is 0 Å². The minimum absolute atomic E-state index is 0. The van der Waals surface area contributed by atoms with Crippen molar-refractivity contribution in [3.63, 3.8) is 0 Å². The van der Waals surface area contributed by atoms with E-state index < -0.39 is 0 Å². The third-order valence-corrected chi connectivity index (χ3v) is 4.62. The summed E-state index contributed by atoms with van der Waals surface area (Å²) in [6, 6.07) is 15.4. The molecule has 0 saturated carbocycles. The molecular formula is C21H31Cl3N4O. The van der Waals surface area contributed by atoms with Gasteiger partial charge in [0.15, 0.2) is 0 Å². The molecule has 0 spiro atoms. The van der Waals surface area contributed by atoms with Crippen molar-refractivity contribution in [1.82, 2.24) is 4.90 Å². The Kier molecular flexibility index (Phi) is 12.1. The number of nitrogens with zero attached hydrogens (tertiary/aromatic N) is 1. The Labute approximate surface area is 192 Å². The lowest BCUT2D eigenvalue weighted by Gasteiger charge is -2.19. The molecule has 0 aliphatic carbocycles. The summed E-state index contributed by atoms with van der Waals surface area (Å²) in [5.74, 6) is 0.545. The van der Waals surface area contributed by atoms with Crippen LogP contribution >= 0.6 is 37.2 Å². The van der Waals surface area contributed by atoms with Crippen LogP contribution in [0.15, 0.2) is 48.5 Å². The summed E-state index contributed by atoms with van der Waals surface area (Å²) >= 11 is 0. The van der Waals surface area contributed by atoms with Gasteiger partial charge in [-0.3, -0.25) is 4.79 Å². The van der Waals surface area contributed by atoms with Crippen LogP contribution in [0.5, 0.6) is 0 Å². The number of carbonyl (C=O) groups is 1. The first-order valence-electron chi connectivity index (χ1n) is 9.26. The van der Waals surface area contributed by atoms with Gasteiger partial charge in [0, 0.05) is 36.9 Å². The Bertz CT molecular complexity index is 756. The van der Waals surface area contributed by atoms with Crippen molar-refractivity contribution in [2.75, 3.05) is 36.0 Å². The Morgan fingerprint density at radius 1 is 1.10 bits per heavy atom. The zero-order valence-corrected chi connectivity index (χ0v) is 19.2. The second kappa shape index (κ2) is 12.8. The van der Waals surface area contributed by atoms with Crippen LogP contribution in [-0.2, 0) is 0 Å². The molecule has 162 valence electrons. The quantitative estimate of drug-likeness (QED) is 0.533. The third kappa shape index (κ3) is 7.94. The highest BCUT2D eigenvalue weighted by Gasteiger charge is 2.22. The van der Waals surface area contributed by atoms with Crippen molar-refractivity contribution >= 4 is 60.2 Å². The normalized spacial score (nSPS) is 15.6. The average Bonchev–Trinajstić information content (AvgIpc) is 3.03. The van der Waals surface area contributed by atoms with Crippen molar-refractivity contribution in [3.05, 3.63) is 54.1 Å². The fourth-order valence-electron chi connectivity index (χ4n) is 3.39. The first kappa shape index (κ1) is 27.3. The second-order valence-corrected chi connectivity index (χ2v) is 7.40. The van der Waals surface area contributed by atoms with E-state index in [-0.39, 0.29) is 43.1 Å². The summed E-state index contributed by atoms with van der Waals surface area (Å²) < 4.78 is 0. The number of hydrogen-bond donors (Lipinski definition) is 3. The van der Waals surface area contributed by atoms with E-state index in [0.717, 1.165) is 31.7 Å². The standard InChI is InChI=1S/C21H28N4O.3ClH/c1-15(2)13-25-12-11-18(14-25)23-17-9-7-16(8-10-17)21(26)24-20-6-4-3-5-19(20)22;;;/h3-10,15,18,23H,11-14,22H2,1-2H3,(H,24,26);3*1H. The molecule has 1 fully saturated rings. The highest BCUT2D eigenvalue weighted by Crippen LogP contribution is 2.20. The van der Waals surface area contributed by atoms with E-state index in [1.807, 2.05) is 36.4 Å². The number of carbonyl (C=O) groups excluding carboxylic acids is 1. The van der Waals surface area contributed by atoms with Crippen molar-refractivity contribution in [3.8, 4) is 0 Å². The van der Waals surface area contributed by atoms with Crippen LogP contribution < -0.4 is 16.4 Å². The van der Waals surface area contributed by atoms with Gasteiger partial charge in [-0.05, 0) is 48.7 Å². The summed E-state index contributed by atoms with van der Waals surface area (Å²) in [4.78, 5) is 14.9. The molecule has 29 heavy (non-hydrogen) atoms. The number of likely N-dealkylation sites (tertiary alicyclic amines) is 1. The lowest BCUT2D eigenvalue weighted by Crippen LogP contribution is -2.29. The number of hydrogen-bond acceptors (Lipinski definition) is 4. The molecule has 2 aromatic carbocycles. The van der Waals surface area contributed by atoms with Crippen LogP contribution in [0.25, 0.3) is 0 Å². The smallest absolute Gasteiger partial charge is 0.255 e. The fourth-order valence-corrected chi connectivity index (χ4v) is 3.39. The molecule has 0 bridgehead atoms. The maximum atomic E-state index is 12.4. The van der Waals surface area contributed by atoms with Crippen molar-refractivity contribution < 1.29 is 4.79 Å². The van der Waals surface area contributed by atoms with Gasteiger partial charge in [-0.1, -0.05) is 26.0 Å². The molecule has 4 N–H and O–H groups in total. The minimum Gasteiger partial charge on any atom is -0.397 e. The molecule has 0 radical (unpaired) electrons. The van der Waals surface area contributed by atoms with Gasteiger partial charge in [-0.25, -0.2) is 0 Å². The number of amides is 1. The predicted octanol–water partition coefficient (Wildman–Crippen LogP) is 4.93. The lowest BCUT2D eigenvalue weighted by atomic mass is 10.1. The highest BCUT2D eigenvalue weighted by atomic mass is 35.5. The number of para-hydroxylation sites is 2. The molecule has 1 amide bonds. The maximum Gasteiger partial charge on any atom is 0.255 e. The molecule has 1 unspecified atom stereocenters. The van der Waals surface area contributed by atoms with E-state index in [1.165, 1.54) is 0 Å². The monoisotopic (exact) mass is 460 g/mol. The van der Waals surface area contributed by atoms with E-state index in [2.05, 4.69) is 29.4 Å². The van der Waals surface area contributed by atoms with Crippen molar-refractivity contribution in [2.24, 2.45) is 5.92 Å². The molecule has 2 aromatic rings. The van der Waals surface area contributed by atoms with Gasteiger partial charge in [0.1, 0.15) is 0 Å². The van der Waals surface area contributed by atoms with E-state index in [1.54, 1.807) is 12.1 Å². The number of anilines is 3. The van der Waals surface area contributed by atoms with Gasteiger partial charge < -0.3 is 21.3 Å². The van der Waals surface area contributed by atoms with Crippen LogP contribution in [0.3, 0.4) is 0 Å². The van der Waals surface area contributed by atoms with Crippen LogP contribution in [-0.4, -0.2) is 36.5 Å². The average molecular weight is 462 g/mol. The number of nitrogens with two attached hydrogens (primary N) is 1. The Morgan fingerprint density at radius 3 is 2.38 bits per heavy atom. The molecule has 3 rings (SSSR count). The molecule has 1 atom stereocenters. The summed E-state index contributed by atoms with van der Waals surface area (Å²) in [6.07, 6.45) is 1.16. The zero-order valence-electron chi connectivity index (χ0n) is 16.8. The first-order chi connectivity index (χ1) is 12.5. The van der Waals surface area contributed by atoms with Crippen molar-refractivity contribution in [1.29, 1.82) is 0 Å². The molecule has 8 heteroatoms. The van der Waals surface area contributed by atoms with Gasteiger partial charge in [0.25, 0.3) is 5.91 Å². The van der Waals surface area contributed by atoms with Gasteiger partial charge in [-0.2, -0.15) is 0 Å². The maximum absolute atomic E-state index is 12.4. The zero-order chi connectivity index (χ0) is 18.5. The highest BCUT2D eigenvalue weighted by molar-refractivity contribution is 6.05. The summed E-state index contributed by atoms with van der Waals surface area (Å²) in [5, 5.41) is 6.43. The number of benzene rings is 2. The van der Waals surface area contributed by atoms with E-state index in [9.17, 15) is 4.79 Å². The Balaban J connectivity index is 0.00000261. The summed E-state index contributed by atoms with van der Waals surface area (Å²) in [7, 11) is 0. The molecular weight excluding hydrogens is 431 g/mol. The fraction of sp³-hybridized carbons (Fsp3) is 0.381. The van der Waals surface area contributed by atoms with Gasteiger partial charge in [0.2, 0.25) is 0 Å². The third-order valence-electron chi connectivity index (χ3n) is 4.62. The number of nitrogen functional groups attached to an aromatic ring is 1. The first-order valence-corrected chi connectivity index (χ1v) is 9.26. The molecule has 0 aromatic heterocycles. The van der Waals surface area contributed by atoms with Crippen molar-refractivity contribution in [2.45, 2.75) is 26.3 Å². The largest absolute Gasteiger partial charge is 0.397 e. The van der Waals surface area contributed by atoms with Crippen LogP contribution in [0.4, 0.5) is 17.1 Å². The summed E-state index contributed by atoms with van der Waals surface area (Å²) in [6.45, 7) is 7.89. The Hall–Kier alpha value is -1.66. The molecule has 1 heterocycles. The predicted molar refractivity (Wildman–Crippen MR) is 130 cm³/mol. The van der Waals surface area contributed by atoms with Gasteiger partial charge in [0.05, 0.1) is 11.4 Å². The lowest BCUT2D eigenvalue weighted by molar-refractivity contribution is 0.102. The van der Waals surface area contributed by atoms with E-state index >= 15 is 0 Å². The molecule has 1 saturated heterocycles. The molecule has 1 aliphatic rings. The molecule has 1 aliphatic heterocycles. The van der Waals surface area contributed by atoms with Gasteiger partial charge >= 0.3 is 0 Å². The van der Waals surface area contributed by atoms with Crippen LogP contribution in [0, 0.1) is 5.92 Å². The second-order valence-electron chi connectivity index (χ2n) is 7.40. The number of nitrogens with one attached hydrogen (secondary N) is 2. The summed E-state index contributed by atoms with van der Waals surface area (Å²) in [5.41, 5.74) is 8.74. The topological polar surface area (TPSA) is 70.4 Å². The SMILES string of the molecule is CC(C)CN1CCC(Nc2ccc(C(=O)Nc3ccccc3N)cc2)C1.Cl.Cl.Cl. The van der Waals surface area contributed by atoms with Crippen LogP contribution in [0.1, 0.15) is 30.6 Å². The Morgan fingerprint density at radius 2 is 1.76 bits per heavy atom. The minimum atomic E-state index is -0.154. The van der Waals surface area contributed by atoms with Gasteiger partial charge in [-0.15, -0.1) is 37.2 Å². The van der Waals surface area contributed by atoms with E-state index in [0.29, 0.717) is 28.9 Å². The van der Waals surface area contributed by atoms with E-state index in [4.69, 9.17) is 5.73 Å². The number of halogens is 3. The number of rotatable bonds is 6.